The summed E-state index contributed by atoms with van der Waals surface area (Å²) in [5.74, 6) is 2.18. The number of amides is 1. The molecule has 9 heteroatoms. The molecule has 1 saturated heterocycles. The van der Waals surface area contributed by atoms with Crippen LogP contribution in [0.1, 0.15) is 56.6 Å². The van der Waals surface area contributed by atoms with Gasteiger partial charge in [-0.15, -0.1) is 15.3 Å². The summed E-state index contributed by atoms with van der Waals surface area (Å²) in [6, 6.07) is 12.0. The lowest BCUT2D eigenvalue weighted by atomic mass is 10.0. The molecule has 1 N–H and O–H groups in total. The molecule has 3 heterocycles. The van der Waals surface area contributed by atoms with E-state index >= 15 is 0 Å². The Morgan fingerprint density at radius 2 is 1.87 bits per heavy atom. The highest BCUT2D eigenvalue weighted by molar-refractivity contribution is 5.91. The zero-order valence-corrected chi connectivity index (χ0v) is 23.2. The molecule has 5 rings (SSSR count). The molecule has 1 fully saturated rings. The van der Waals surface area contributed by atoms with E-state index in [1.807, 2.05) is 24.3 Å². The van der Waals surface area contributed by atoms with Crippen molar-refractivity contribution in [3.63, 3.8) is 0 Å². The maximum atomic E-state index is 12.7. The van der Waals surface area contributed by atoms with Crippen molar-refractivity contribution in [1.29, 1.82) is 0 Å². The highest BCUT2D eigenvalue weighted by Crippen LogP contribution is 2.32. The number of unbranched alkanes of at least 4 members (excludes halogenated alkanes) is 1. The van der Waals surface area contributed by atoms with E-state index in [0.29, 0.717) is 46.0 Å². The fourth-order valence-electron chi connectivity index (χ4n) is 5.04. The van der Waals surface area contributed by atoms with Crippen LogP contribution in [-0.4, -0.2) is 53.0 Å². The highest BCUT2D eigenvalue weighted by Gasteiger charge is 2.20. The maximum Gasteiger partial charge on any atom is 0.225 e. The number of aromatic nitrogens is 4. The van der Waals surface area contributed by atoms with Crippen molar-refractivity contribution >= 4 is 29.1 Å². The van der Waals surface area contributed by atoms with E-state index in [9.17, 15) is 4.79 Å². The Bertz CT molecular complexity index is 1520. The van der Waals surface area contributed by atoms with Crippen LogP contribution in [0.3, 0.4) is 0 Å². The lowest BCUT2D eigenvalue weighted by molar-refractivity contribution is -0.116. The van der Waals surface area contributed by atoms with Gasteiger partial charge in [0.1, 0.15) is 11.5 Å². The van der Waals surface area contributed by atoms with Crippen LogP contribution >= 0.6 is 0 Å². The average Bonchev–Trinajstić information content (AvgIpc) is 3.52. The minimum Gasteiger partial charge on any atom is -0.497 e. The number of benzene rings is 2. The number of rotatable bonds is 9. The molecule has 0 spiro atoms. The highest BCUT2D eigenvalue weighted by atomic mass is 16.5. The monoisotopic (exact) mass is 528 g/mol. The van der Waals surface area contributed by atoms with Crippen molar-refractivity contribution in [3.05, 3.63) is 52.7 Å². The molecule has 39 heavy (non-hydrogen) atoms. The Balaban J connectivity index is 1.62. The minimum absolute atomic E-state index is 0.0714. The molecule has 2 aromatic heterocycles. The van der Waals surface area contributed by atoms with Crippen LogP contribution in [-0.2, 0) is 4.79 Å². The molecule has 4 aromatic rings. The number of carbonyl (C=O) groups excluding carboxylic acids is 1. The van der Waals surface area contributed by atoms with Crippen LogP contribution in [0.15, 0.2) is 36.4 Å². The largest absolute Gasteiger partial charge is 0.497 e. The van der Waals surface area contributed by atoms with Gasteiger partial charge in [0.25, 0.3) is 0 Å². The van der Waals surface area contributed by atoms with Crippen molar-refractivity contribution < 1.29 is 14.3 Å². The van der Waals surface area contributed by atoms with Crippen LogP contribution in [0.5, 0.6) is 11.5 Å². The Hall–Kier alpha value is -4.14. The number of ether oxygens (including phenoxy) is 2. The summed E-state index contributed by atoms with van der Waals surface area (Å²) in [4.78, 5) is 15.2. The lowest BCUT2D eigenvalue weighted by Crippen LogP contribution is -2.29. The second kappa shape index (κ2) is 11.7. The minimum atomic E-state index is -0.0714. The summed E-state index contributed by atoms with van der Waals surface area (Å²) < 4.78 is 12.7. The number of fused-ring (bicyclic) bond motifs is 1. The van der Waals surface area contributed by atoms with Crippen LogP contribution in [0, 0.1) is 6.92 Å². The molecule has 0 bridgehead atoms. The predicted molar refractivity (Wildman–Crippen MR) is 154 cm³/mol. The quantitative estimate of drug-likeness (QED) is 0.334. The fourth-order valence-corrected chi connectivity index (χ4v) is 5.04. The molecule has 0 aliphatic carbocycles. The standard InChI is InChI=1S/C30H36N6O3/c1-5-6-10-27(37)31-28-25(18-21-11-12-22(17-20(21)2)35-15-8-7-9-16-35)30-33-32-29(36(30)34-28)24-19-23(38-3)13-14-26(24)39-4/h11-14,17-19H,5-10,15-16H2,1-4H3,(H,31,34,37)/b25-18-. The van der Waals surface area contributed by atoms with Gasteiger partial charge in [-0.05, 0) is 80.1 Å². The van der Waals surface area contributed by atoms with Crippen molar-refractivity contribution in [1.82, 2.24) is 19.8 Å². The Morgan fingerprint density at radius 1 is 1.05 bits per heavy atom. The number of nitrogens with zero attached hydrogens (tertiary/aromatic N) is 5. The SMILES string of the molecule is CCCCC(=O)Nc1nn2c(-c3cc(OC)ccc3OC)nnc2/c1=C\c1ccc(N2CCCCC2)cc1C. The van der Waals surface area contributed by atoms with E-state index in [4.69, 9.17) is 14.6 Å². The fraction of sp³-hybridized carbons (Fsp3) is 0.400. The van der Waals surface area contributed by atoms with Gasteiger partial charge in [0.05, 0.1) is 25.0 Å². The van der Waals surface area contributed by atoms with Gasteiger partial charge in [-0.1, -0.05) is 19.4 Å². The van der Waals surface area contributed by atoms with E-state index in [-0.39, 0.29) is 5.91 Å². The van der Waals surface area contributed by atoms with Gasteiger partial charge in [-0.3, -0.25) is 4.79 Å². The molecule has 1 aliphatic heterocycles. The Kier molecular flexibility index (Phi) is 7.95. The van der Waals surface area contributed by atoms with Gasteiger partial charge < -0.3 is 19.7 Å². The number of anilines is 2. The molecule has 0 atom stereocenters. The van der Waals surface area contributed by atoms with E-state index in [1.165, 1.54) is 24.9 Å². The van der Waals surface area contributed by atoms with Crippen molar-refractivity contribution in [2.45, 2.75) is 52.4 Å². The average molecular weight is 529 g/mol. The number of methoxy groups -OCH3 is 2. The third-order valence-corrected chi connectivity index (χ3v) is 7.27. The predicted octanol–water partition coefficient (Wildman–Crippen LogP) is 4.78. The van der Waals surface area contributed by atoms with Gasteiger partial charge in [-0.25, -0.2) is 0 Å². The Labute approximate surface area is 228 Å². The summed E-state index contributed by atoms with van der Waals surface area (Å²) in [5, 5.41) is 17.5. The van der Waals surface area contributed by atoms with Crippen LogP contribution in [0.4, 0.5) is 11.5 Å². The number of aryl methyl sites for hydroxylation is 1. The smallest absolute Gasteiger partial charge is 0.225 e. The normalized spacial score (nSPS) is 14.2. The number of nitrogens with one attached hydrogen (secondary N) is 1. The summed E-state index contributed by atoms with van der Waals surface area (Å²) in [6.07, 6.45) is 7.99. The van der Waals surface area contributed by atoms with Gasteiger partial charge >= 0.3 is 0 Å². The first-order chi connectivity index (χ1) is 19.0. The van der Waals surface area contributed by atoms with Crippen LogP contribution < -0.4 is 24.9 Å². The summed E-state index contributed by atoms with van der Waals surface area (Å²) in [7, 11) is 3.22. The first-order valence-corrected chi connectivity index (χ1v) is 13.7. The zero-order valence-electron chi connectivity index (χ0n) is 23.2. The van der Waals surface area contributed by atoms with E-state index in [2.05, 4.69) is 52.5 Å². The Morgan fingerprint density at radius 3 is 2.59 bits per heavy atom. The third kappa shape index (κ3) is 5.53. The topological polar surface area (TPSA) is 93.9 Å². The van der Waals surface area contributed by atoms with E-state index in [0.717, 1.165) is 37.1 Å². The number of hydrogen-bond acceptors (Lipinski definition) is 7. The van der Waals surface area contributed by atoms with Crippen molar-refractivity contribution in [2.24, 2.45) is 0 Å². The van der Waals surface area contributed by atoms with Gasteiger partial charge in [0, 0.05) is 25.2 Å². The first kappa shape index (κ1) is 26.5. The van der Waals surface area contributed by atoms with Crippen molar-refractivity contribution in [3.8, 4) is 22.9 Å². The molecule has 0 unspecified atom stereocenters. The summed E-state index contributed by atoms with van der Waals surface area (Å²) in [5.41, 5.74) is 4.69. The van der Waals surface area contributed by atoms with Gasteiger partial charge in [0.15, 0.2) is 17.3 Å². The molecule has 0 saturated carbocycles. The zero-order chi connectivity index (χ0) is 27.4. The number of hydrogen-bond donors (Lipinski definition) is 1. The molecule has 2 aromatic carbocycles. The van der Waals surface area contributed by atoms with Gasteiger partial charge in [-0.2, -0.15) is 4.52 Å². The third-order valence-electron chi connectivity index (χ3n) is 7.27. The summed E-state index contributed by atoms with van der Waals surface area (Å²) >= 11 is 0. The van der Waals surface area contributed by atoms with Crippen LogP contribution in [0.25, 0.3) is 23.1 Å². The number of piperidine rings is 1. The molecule has 9 nitrogen and oxygen atoms in total. The second-order valence-electron chi connectivity index (χ2n) is 9.97. The molecular formula is C30H36N6O3. The van der Waals surface area contributed by atoms with Crippen LogP contribution in [0.2, 0.25) is 0 Å². The first-order valence-electron chi connectivity index (χ1n) is 13.7. The molecule has 0 radical (unpaired) electrons. The second-order valence-corrected chi connectivity index (χ2v) is 9.97. The van der Waals surface area contributed by atoms with E-state index < -0.39 is 0 Å². The lowest BCUT2D eigenvalue weighted by Gasteiger charge is -2.29. The van der Waals surface area contributed by atoms with E-state index in [1.54, 1.807) is 18.7 Å². The molecular weight excluding hydrogens is 492 g/mol. The summed E-state index contributed by atoms with van der Waals surface area (Å²) in [6.45, 7) is 6.37. The van der Waals surface area contributed by atoms with Gasteiger partial charge in [0.2, 0.25) is 5.91 Å². The molecule has 204 valence electrons. The molecule has 1 amide bonds. The number of carbonyl (C=O) groups is 1. The molecule has 1 aliphatic rings. The maximum absolute atomic E-state index is 12.7. The van der Waals surface area contributed by atoms with Crippen molar-refractivity contribution in [2.75, 3.05) is 37.5 Å².